The number of benzene rings is 2. The maximum atomic E-state index is 12.3. The molecular weight excluding hydrogens is 376 g/mol. The van der Waals surface area contributed by atoms with E-state index in [4.69, 9.17) is 14.2 Å². The molecule has 0 spiro atoms. The Morgan fingerprint density at radius 2 is 1.59 bits per heavy atom. The van der Waals surface area contributed by atoms with Crippen molar-refractivity contribution in [1.29, 1.82) is 0 Å². The van der Waals surface area contributed by atoms with Crippen LogP contribution in [0, 0.1) is 0 Å². The third-order valence-corrected chi connectivity index (χ3v) is 3.97. The zero-order chi connectivity index (χ0) is 21.2. The molecule has 0 aliphatic heterocycles. The maximum absolute atomic E-state index is 12.3. The topological polar surface area (TPSA) is 103 Å². The lowest BCUT2D eigenvalue weighted by Crippen LogP contribution is -2.29. The number of ether oxygens (including phenoxy) is 3. The van der Waals surface area contributed by atoms with E-state index in [1.165, 1.54) is 32.4 Å². The highest BCUT2D eigenvalue weighted by Crippen LogP contribution is 2.29. The number of rotatable bonds is 8. The summed E-state index contributed by atoms with van der Waals surface area (Å²) in [5, 5.41) is 4.92. The lowest BCUT2D eigenvalue weighted by atomic mass is 10.1. The quantitative estimate of drug-likeness (QED) is 0.401. The summed E-state index contributed by atoms with van der Waals surface area (Å²) in [5.74, 6) is -1.48. The van der Waals surface area contributed by atoms with Crippen LogP contribution >= 0.6 is 0 Å². The molecule has 8 heteroatoms. The number of unbranched alkanes of at least 4 members (excludes halogenated alkanes) is 1. The van der Waals surface area contributed by atoms with E-state index in [1.54, 1.807) is 24.3 Å². The van der Waals surface area contributed by atoms with Gasteiger partial charge in [-0.2, -0.15) is 0 Å². The summed E-state index contributed by atoms with van der Waals surface area (Å²) in [6.45, 7) is 2.27. The first-order valence-electron chi connectivity index (χ1n) is 9.10. The van der Waals surface area contributed by atoms with Crippen LogP contribution in [0.2, 0.25) is 0 Å². The van der Waals surface area contributed by atoms with Gasteiger partial charge >= 0.3 is 17.8 Å². The predicted molar refractivity (Wildman–Crippen MR) is 108 cm³/mol. The molecule has 0 bridgehead atoms. The Kier molecular flexibility index (Phi) is 8.02. The van der Waals surface area contributed by atoms with Gasteiger partial charge in [0, 0.05) is 11.8 Å². The van der Waals surface area contributed by atoms with Crippen molar-refractivity contribution in [1.82, 2.24) is 0 Å². The van der Waals surface area contributed by atoms with E-state index >= 15 is 0 Å². The third-order valence-electron chi connectivity index (χ3n) is 3.97. The predicted octanol–water partition coefficient (Wildman–Crippen LogP) is 3.24. The van der Waals surface area contributed by atoms with Crippen molar-refractivity contribution >= 4 is 29.2 Å². The van der Waals surface area contributed by atoms with E-state index in [0.29, 0.717) is 17.2 Å². The molecule has 2 N–H and O–H groups in total. The number of carbonyl (C=O) groups excluding carboxylic acids is 3. The van der Waals surface area contributed by atoms with Gasteiger partial charge in [0.1, 0.15) is 0 Å². The molecule has 154 valence electrons. The molecule has 0 aliphatic carbocycles. The van der Waals surface area contributed by atoms with Crippen molar-refractivity contribution in [2.45, 2.75) is 19.8 Å². The van der Waals surface area contributed by atoms with Gasteiger partial charge < -0.3 is 24.8 Å². The minimum Gasteiger partial charge on any atom is -0.493 e. The number of nitrogens with one attached hydrogen (secondary N) is 2. The Morgan fingerprint density at radius 1 is 0.897 bits per heavy atom. The monoisotopic (exact) mass is 400 g/mol. The Hall–Kier alpha value is -3.55. The number of esters is 1. The molecule has 0 aliphatic rings. The molecule has 2 aromatic rings. The number of carbonyl (C=O) groups is 3. The molecule has 2 amide bonds. The van der Waals surface area contributed by atoms with E-state index in [1.807, 2.05) is 6.92 Å². The lowest BCUT2D eigenvalue weighted by molar-refractivity contribution is -0.133. The van der Waals surface area contributed by atoms with Gasteiger partial charge in [0.05, 0.1) is 32.1 Å². The number of methoxy groups -OCH3 is 2. The average Bonchev–Trinajstić information content (AvgIpc) is 2.74. The van der Waals surface area contributed by atoms with Gasteiger partial charge in [-0.3, -0.25) is 9.59 Å². The first kappa shape index (κ1) is 21.7. The summed E-state index contributed by atoms with van der Waals surface area (Å²) in [6.07, 6.45) is 1.63. The highest BCUT2D eigenvalue weighted by Gasteiger charge is 2.19. The zero-order valence-corrected chi connectivity index (χ0v) is 16.6. The van der Waals surface area contributed by atoms with Crippen LogP contribution in [0.5, 0.6) is 11.5 Å². The van der Waals surface area contributed by atoms with E-state index < -0.39 is 17.8 Å². The van der Waals surface area contributed by atoms with Crippen LogP contribution in [-0.2, 0) is 14.3 Å². The molecule has 0 aromatic heterocycles. The second-order valence-electron chi connectivity index (χ2n) is 6.01. The molecule has 0 radical (unpaired) electrons. The van der Waals surface area contributed by atoms with Crippen molar-refractivity contribution in [3.8, 4) is 11.5 Å². The number of anilines is 2. The van der Waals surface area contributed by atoms with Crippen LogP contribution in [0.4, 0.5) is 11.4 Å². The second-order valence-corrected chi connectivity index (χ2v) is 6.01. The van der Waals surface area contributed by atoms with E-state index in [2.05, 4.69) is 10.6 Å². The largest absolute Gasteiger partial charge is 0.493 e. The SMILES string of the molecule is CCCCOC(=O)c1ccccc1NC(=O)C(=O)Nc1ccc(OC)c(OC)c1. The van der Waals surface area contributed by atoms with Crippen LogP contribution in [0.25, 0.3) is 0 Å². The van der Waals surface area contributed by atoms with Gasteiger partial charge in [-0.1, -0.05) is 25.5 Å². The normalized spacial score (nSPS) is 10.0. The van der Waals surface area contributed by atoms with E-state index in [-0.39, 0.29) is 17.9 Å². The zero-order valence-electron chi connectivity index (χ0n) is 16.6. The van der Waals surface area contributed by atoms with Crippen LogP contribution in [-0.4, -0.2) is 38.6 Å². The second kappa shape index (κ2) is 10.7. The smallest absolute Gasteiger partial charge is 0.340 e. The fourth-order valence-electron chi connectivity index (χ4n) is 2.44. The first-order valence-corrected chi connectivity index (χ1v) is 9.10. The van der Waals surface area contributed by atoms with Gasteiger partial charge in [-0.15, -0.1) is 0 Å². The molecule has 0 saturated carbocycles. The van der Waals surface area contributed by atoms with Crippen molar-refractivity contribution in [2.24, 2.45) is 0 Å². The molecule has 0 unspecified atom stereocenters. The average molecular weight is 400 g/mol. The Morgan fingerprint density at radius 3 is 2.28 bits per heavy atom. The maximum Gasteiger partial charge on any atom is 0.340 e. The summed E-state index contributed by atoms with van der Waals surface area (Å²) >= 11 is 0. The molecule has 8 nitrogen and oxygen atoms in total. The summed E-state index contributed by atoms with van der Waals surface area (Å²) in [6, 6.07) is 11.1. The van der Waals surface area contributed by atoms with Crippen LogP contribution in [0.3, 0.4) is 0 Å². The fourth-order valence-corrected chi connectivity index (χ4v) is 2.44. The Balaban J connectivity index is 2.07. The minimum absolute atomic E-state index is 0.177. The summed E-state index contributed by atoms with van der Waals surface area (Å²) in [4.78, 5) is 36.8. The Bertz CT molecular complexity index is 881. The highest BCUT2D eigenvalue weighted by molar-refractivity contribution is 6.44. The summed E-state index contributed by atoms with van der Waals surface area (Å²) in [7, 11) is 2.96. The molecule has 29 heavy (non-hydrogen) atoms. The molecular formula is C21H24N2O6. The van der Waals surface area contributed by atoms with Crippen molar-refractivity contribution < 1.29 is 28.6 Å². The molecule has 0 atom stereocenters. The van der Waals surface area contributed by atoms with E-state index in [9.17, 15) is 14.4 Å². The van der Waals surface area contributed by atoms with Crippen LogP contribution in [0.1, 0.15) is 30.1 Å². The van der Waals surface area contributed by atoms with Gasteiger partial charge in [-0.25, -0.2) is 4.79 Å². The molecule has 0 saturated heterocycles. The number of para-hydroxylation sites is 1. The lowest BCUT2D eigenvalue weighted by Gasteiger charge is -2.12. The number of amides is 2. The molecule has 0 fully saturated rings. The molecule has 2 rings (SSSR count). The van der Waals surface area contributed by atoms with Crippen LogP contribution < -0.4 is 20.1 Å². The van der Waals surface area contributed by atoms with Crippen molar-refractivity contribution in [3.05, 3.63) is 48.0 Å². The van der Waals surface area contributed by atoms with Crippen molar-refractivity contribution in [3.63, 3.8) is 0 Å². The molecule has 0 heterocycles. The highest BCUT2D eigenvalue weighted by atomic mass is 16.5. The first-order chi connectivity index (χ1) is 14.0. The van der Waals surface area contributed by atoms with Crippen LogP contribution in [0.15, 0.2) is 42.5 Å². The summed E-state index contributed by atoms with van der Waals surface area (Å²) in [5.41, 5.74) is 0.729. The Labute approximate surface area is 169 Å². The standard InChI is InChI=1S/C21H24N2O6/c1-4-5-12-29-21(26)15-8-6-7-9-16(15)23-20(25)19(24)22-14-10-11-17(27-2)18(13-14)28-3/h6-11,13H,4-5,12H2,1-3H3,(H,22,24)(H,23,25). The van der Waals surface area contributed by atoms with Gasteiger partial charge in [0.15, 0.2) is 11.5 Å². The molecule has 2 aromatic carbocycles. The summed E-state index contributed by atoms with van der Waals surface area (Å²) < 4.78 is 15.5. The van der Waals surface area contributed by atoms with Gasteiger partial charge in [-0.05, 0) is 30.7 Å². The van der Waals surface area contributed by atoms with Gasteiger partial charge in [0.2, 0.25) is 0 Å². The third kappa shape index (κ3) is 5.97. The van der Waals surface area contributed by atoms with Crippen molar-refractivity contribution in [2.75, 3.05) is 31.5 Å². The number of hydrogen-bond acceptors (Lipinski definition) is 6. The van der Waals surface area contributed by atoms with E-state index in [0.717, 1.165) is 12.8 Å². The van der Waals surface area contributed by atoms with Gasteiger partial charge in [0.25, 0.3) is 0 Å². The fraction of sp³-hybridized carbons (Fsp3) is 0.286. The minimum atomic E-state index is -0.923. The number of hydrogen-bond donors (Lipinski definition) is 2.